The summed E-state index contributed by atoms with van der Waals surface area (Å²) in [6, 6.07) is 7.50. The molecule has 0 unspecified atom stereocenters. The molecule has 0 aliphatic heterocycles. The number of anilines is 1. The number of benzene rings is 1. The maximum Gasteiger partial charge on any atom is 0.224 e. The van der Waals surface area contributed by atoms with Crippen molar-refractivity contribution in [2.24, 2.45) is 5.41 Å². The van der Waals surface area contributed by atoms with E-state index in [1.165, 1.54) is 6.33 Å². The fourth-order valence-corrected chi connectivity index (χ4v) is 1.73. The van der Waals surface area contributed by atoms with Gasteiger partial charge in [0.1, 0.15) is 12.7 Å². The largest absolute Gasteiger partial charge is 0.326 e. The molecule has 2 aromatic rings. The van der Waals surface area contributed by atoms with Crippen LogP contribution in [0.4, 0.5) is 5.69 Å². The quantitative estimate of drug-likeness (QED) is 0.920. The van der Waals surface area contributed by atoms with Gasteiger partial charge in [0.2, 0.25) is 5.91 Å². The molecule has 0 fully saturated rings. The summed E-state index contributed by atoms with van der Waals surface area (Å²) in [4.78, 5) is 15.7. The molecule has 0 saturated heterocycles. The van der Waals surface area contributed by atoms with Crippen molar-refractivity contribution >= 4 is 11.6 Å². The first-order valence-corrected chi connectivity index (χ1v) is 6.19. The summed E-state index contributed by atoms with van der Waals surface area (Å²) in [5, 5.41) is 6.93. The summed E-state index contributed by atoms with van der Waals surface area (Å²) in [5.74, 6) is 0.0287. The van der Waals surface area contributed by atoms with Crippen molar-refractivity contribution in [2.45, 2.75) is 27.2 Å². The number of rotatable bonds is 3. The zero-order valence-electron chi connectivity index (χ0n) is 11.4. The Labute approximate surface area is 112 Å². The van der Waals surface area contributed by atoms with Crippen molar-refractivity contribution in [2.75, 3.05) is 5.32 Å². The van der Waals surface area contributed by atoms with Gasteiger partial charge in [-0.25, -0.2) is 9.67 Å². The Kier molecular flexibility index (Phi) is 3.64. The predicted molar refractivity (Wildman–Crippen MR) is 74.1 cm³/mol. The summed E-state index contributed by atoms with van der Waals surface area (Å²) >= 11 is 0. The Morgan fingerprint density at radius 1 is 1.26 bits per heavy atom. The minimum Gasteiger partial charge on any atom is -0.326 e. The maximum absolute atomic E-state index is 11.8. The molecule has 0 aliphatic carbocycles. The first-order chi connectivity index (χ1) is 8.94. The van der Waals surface area contributed by atoms with Gasteiger partial charge in [-0.15, -0.1) is 0 Å². The van der Waals surface area contributed by atoms with Crippen LogP contribution < -0.4 is 5.32 Å². The van der Waals surface area contributed by atoms with Crippen LogP contribution in [0.3, 0.4) is 0 Å². The van der Waals surface area contributed by atoms with E-state index in [0.29, 0.717) is 6.42 Å². The zero-order valence-corrected chi connectivity index (χ0v) is 11.4. The molecule has 19 heavy (non-hydrogen) atoms. The molecular formula is C14H18N4O. The Hall–Kier alpha value is -2.17. The smallest absolute Gasteiger partial charge is 0.224 e. The van der Waals surface area contributed by atoms with Crippen molar-refractivity contribution in [3.8, 4) is 5.69 Å². The SMILES string of the molecule is CC(C)(C)CC(=O)Nc1ccc(-n2cncn2)cc1. The number of hydrogen-bond acceptors (Lipinski definition) is 3. The Bertz CT molecular complexity index is 538. The second kappa shape index (κ2) is 5.22. The maximum atomic E-state index is 11.8. The minimum atomic E-state index is -0.00917. The summed E-state index contributed by atoms with van der Waals surface area (Å²) in [7, 11) is 0. The zero-order chi connectivity index (χ0) is 13.9. The topological polar surface area (TPSA) is 59.8 Å². The van der Waals surface area contributed by atoms with Gasteiger partial charge in [-0.3, -0.25) is 4.79 Å². The van der Waals surface area contributed by atoms with Gasteiger partial charge in [0.05, 0.1) is 5.69 Å². The third-order valence-corrected chi connectivity index (χ3v) is 2.53. The van der Waals surface area contributed by atoms with Gasteiger partial charge in [0.15, 0.2) is 0 Å². The number of nitrogens with zero attached hydrogens (tertiary/aromatic N) is 3. The van der Waals surface area contributed by atoms with Crippen LogP contribution in [0.5, 0.6) is 0 Å². The van der Waals surface area contributed by atoms with Crippen LogP contribution in [-0.4, -0.2) is 20.7 Å². The highest BCUT2D eigenvalue weighted by molar-refractivity contribution is 5.91. The lowest BCUT2D eigenvalue weighted by Gasteiger charge is -2.17. The molecule has 5 nitrogen and oxygen atoms in total. The molecule has 0 atom stereocenters. The monoisotopic (exact) mass is 258 g/mol. The average molecular weight is 258 g/mol. The van der Waals surface area contributed by atoms with Crippen molar-refractivity contribution in [3.63, 3.8) is 0 Å². The summed E-state index contributed by atoms with van der Waals surface area (Å²) < 4.78 is 1.67. The van der Waals surface area contributed by atoms with Crippen molar-refractivity contribution < 1.29 is 4.79 Å². The van der Waals surface area contributed by atoms with Gasteiger partial charge in [0.25, 0.3) is 0 Å². The van der Waals surface area contributed by atoms with Crippen molar-refractivity contribution in [3.05, 3.63) is 36.9 Å². The summed E-state index contributed by atoms with van der Waals surface area (Å²) in [5.41, 5.74) is 1.69. The highest BCUT2D eigenvalue weighted by atomic mass is 16.1. The molecule has 1 aromatic carbocycles. The Morgan fingerprint density at radius 2 is 1.95 bits per heavy atom. The van der Waals surface area contributed by atoms with E-state index in [9.17, 15) is 4.79 Å². The van der Waals surface area contributed by atoms with E-state index in [4.69, 9.17) is 0 Å². The van der Waals surface area contributed by atoms with Crippen molar-refractivity contribution in [1.29, 1.82) is 0 Å². The number of carbonyl (C=O) groups is 1. The Balaban J connectivity index is 2.01. The number of nitrogens with one attached hydrogen (secondary N) is 1. The lowest BCUT2D eigenvalue weighted by molar-refractivity contribution is -0.117. The standard InChI is InChI=1S/C14H18N4O/c1-14(2,3)8-13(19)17-11-4-6-12(7-5-11)18-10-15-9-16-18/h4-7,9-10H,8H2,1-3H3,(H,17,19). The third kappa shape index (κ3) is 3.91. The first-order valence-electron chi connectivity index (χ1n) is 6.19. The van der Waals surface area contributed by atoms with Gasteiger partial charge in [-0.05, 0) is 29.7 Å². The molecule has 1 aromatic heterocycles. The van der Waals surface area contributed by atoms with Gasteiger partial charge in [-0.1, -0.05) is 20.8 Å². The van der Waals surface area contributed by atoms with Crippen LogP contribution in [0.25, 0.3) is 5.69 Å². The number of amides is 1. The van der Waals surface area contributed by atoms with E-state index in [0.717, 1.165) is 11.4 Å². The second-order valence-electron chi connectivity index (χ2n) is 5.67. The van der Waals surface area contributed by atoms with Gasteiger partial charge in [0, 0.05) is 12.1 Å². The highest BCUT2D eigenvalue weighted by Crippen LogP contribution is 2.20. The van der Waals surface area contributed by atoms with Gasteiger partial charge in [-0.2, -0.15) is 5.10 Å². The number of aromatic nitrogens is 3. The van der Waals surface area contributed by atoms with Crippen LogP contribution in [0.1, 0.15) is 27.2 Å². The first kappa shape index (κ1) is 13.3. The van der Waals surface area contributed by atoms with Crippen LogP contribution in [0.2, 0.25) is 0 Å². The third-order valence-electron chi connectivity index (χ3n) is 2.53. The fourth-order valence-electron chi connectivity index (χ4n) is 1.73. The second-order valence-corrected chi connectivity index (χ2v) is 5.67. The Morgan fingerprint density at radius 3 is 2.47 bits per heavy atom. The molecule has 0 radical (unpaired) electrons. The number of hydrogen-bond donors (Lipinski definition) is 1. The van der Waals surface area contributed by atoms with E-state index in [-0.39, 0.29) is 11.3 Å². The fraction of sp³-hybridized carbons (Fsp3) is 0.357. The highest BCUT2D eigenvalue weighted by Gasteiger charge is 2.15. The molecule has 2 rings (SSSR count). The lowest BCUT2D eigenvalue weighted by Crippen LogP contribution is -2.19. The molecular weight excluding hydrogens is 240 g/mol. The van der Waals surface area contributed by atoms with Gasteiger partial charge < -0.3 is 5.32 Å². The van der Waals surface area contributed by atoms with Crippen LogP contribution in [0, 0.1) is 5.41 Å². The molecule has 1 amide bonds. The minimum absolute atomic E-state index is 0.00917. The van der Waals surface area contributed by atoms with E-state index >= 15 is 0 Å². The van der Waals surface area contributed by atoms with Crippen LogP contribution in [-0.2, 0) is 4.79 Å². The number of carbonyl (C=O) groups excluding carboxylic acids is 1. The molecule has 1 N–H and O–H groups in total. The van der Waals surface area contributed by atoms with E-state index in [1.807, 2.05) is 45.0 Å². The molecule has 0 saturated carbocycles. The molecule has 100 valence electrons. The summed E-state index contributed by atoms with van der Waals surface area (Å²) in [6.45, 7) is 6.13. The molecule has 1 heterocycles. The van der Waals surface area contributed by atoms with Crippen LogP contribution >= 0.6 is 0 Å². The molecule has 0 spiro atoms. The molecule has 5 heteroatoms. The molecule has 0 bridgehead atoms. The van der Waals surface area contributed by atoms with Crippen LogP contribution in [0.15, 0.2) is 36.9 Å². The summed E-state index contributed by atoms with van der Waals surface area (Å²) in [6.07, 6.45) is 3.62. The van der Waals surface area contributed by atoms with E-state index in [1.54, 1.807) is 11.0 Å². The van der Waals surface area contributed by atoms with E-state index in [2.05, 4.69) is 15.4 Å². The van der Waals surface area contributed by atoms with E-state index < -0.39 is 0 Å². The normalized spacial score (nSPS) is 11.3. The predicted octanol–water partition coefficient (Wildman–Crippen LogP) is 2.64. The molecule has 0 aliphatic rings. The van der Waals surface area contributed by atoms with Gasteiger partial charge >= 0.3 is 0 Å². The lowest BCUT2D eigenvalue weighted by atomic mass is 9.92. The van der Waals surface area contributed by atoms with Crippen molar-refractivity contribution in [1.82, 2.24) is 14.8 Å². The average Bonchev–Trinajstić information content (AvgIpc) is 2.80.